The van der Waals surface area contributed by atoms with Gasteiger partial charge in [0.1, 0.15) is 11.6 Å². The van der Waals surface area contributed by atoms with E-state index < -0.39 is 51.4 Å². The summed E-state index contributed by atoms with van der Waals surface area (Å²) in [5.74, 6) is -6.24. The van der Waals surface area contributed by atoms with Crippen LogP contribution in [0.1, 0.15) is 44.9 Å². The average Bonchev–Trinajstić information content (AvgIpc) is 3.13. The van der Waals surface area contributed by atoms with E-state index >= 15 is 0 Å². The van der Waals surface area contributed by atoms with Gasteiger partial charge < -0.3 is 9.47 Å². The van der Waals surface area contributed by atoms with Gasteiger partial charge in [0.25, 0.3) is 15.6 Å². The van der Waals surface area contributed by atoms with Crippen molar-refractivity contribution in [3.05, 3.63) is 58.4 Å². The SMILES string of the molecule is CN(C)C(=O)c1cc(F)c(CN2CCn3c(C(=O)C(Cl)(Cl)Cl)ccc3C23CC(F)(F)C3)c(F)c1. The van der Waals surface area contributed by atoms with Crippen LogP contribution in [0, 0.1) is 11.6 Å². The van der Waals surface area contributed by atoms with Crippen molar-refractivity contribution in [2.75, 3.05) is 20.6 Å². The number of Topliss-reactive ketones (excluding diaryl/α,β-unsaturated/α-hetero) is 1. The first-order valence-corrected chi connectivity index (χ1v) is 11.4. The zero-order chi connectivity index (χ0) is 25.2. The summed E-state index contributed by atoms with van der Waals surface area (Å²) in [6.07, 6.45) is -1.18. The predicted octanol–water partition coefficient (Wildman–Crippen LogP) is 5.16. The Hall–Kier alpha value is -1.81. The summed E-state index contributed by atoms with van der Waals surface area (Å²) >= 11 is 17.2. The second-order valence-electron chi connectivity index (χ2n) is 8.86. The molecule has 4 rings (SSSR count). The molecule has 0 unspecified atom stereocenters. The topological polar surface area (TPSA) is 45.6 Å². The Morgan fingerprint density at radius 2 is 1.65 bits per heavy atom. The summed E-state index contributed by atoms with van der Waals surface area (Å²) in [6.45, 7) is -0.0177. The molecule has 12 heteroatoms. The summed E-state index contributed by atoms with van der Waals surface area (Å²) in [5, 5.41) is 0. The van der Waals surface area contributed by atoms with Crippen LogP contribution in [0.25, 0.3) is 0 Å². The number of alkyl halides is 5. The maximum Gasteiger partial charge on any atom is 0.255 e. The van der Waals surface area contributed by atoms with Crippen molar-refractivity contribution in [1.29, 1.82) is 0 Å². The maximum atomic E-state index is 14.9. The highest BCUT2D eigenvalue weighted by molar-refractivity contribution is 6.77. The van der Waals surface area contributed by atoms with E-state index in [1.165, 1.54) is 35.7 Å². The molecule has 34 heavy (non-hydrogen) atoms. The lowest BCUT2D eigenvalue weighted by Gasteiger charge is -2.56. The Morgan fingerprint density at radius 1 is 1.06 bits per heavy atom. The minimum Gasteiger partial charge on any atom is -0.345 e. The minimum atomic E-state index is -2.98. The number of rotatable bonds is 4. The molecule has 2 aromatic rings. The van der Waals surface area contributed by atoms with Gasteiger partial charge in [-0.2, -0.15) is 0 Å². The van der Waals surface area contributed by atoms with Gasteiger partial charge in [-0.3, -0.25) is 14.5 Å². The lowest BCUT2D eigenvalue weighted by atomic mass is 9.68. The average molecular weight is 541 g/mol. The van der Waals surface area contributed by atoms with E-state index in [2.05, 4.69) is 0 Å². The van der Waals surface area contributed by atoms with Crippen LogP contribution >= 0.6 is 34.8 Å². The van der Waals surface area contributed by atoms with E-state index in [0.29, 0.717) is 5.69 Å². The van der Waals surface area contributed by atoms with Crippen LogP contribution in [0.5, 0.6) is 0 Å². The molecule has 1 aliphatic heterocycles. The monoisotopic (exact) mass is 539 g/mol. The fourth-order valence-electron chi connectivity index (χ4n) is 4.82. The quantitative estimate of drug-likeness (QED) is 0.306. The molecule has 1 amide bonds. The normalized spacial score (nSPS) is 19.0. The van der Waals surface area contributed by atoms with Gasteiger partial charge in [-0.25, -0.2) is 17.6 Å². The van der Waals surface area contributed by atoms with Gasteiger partial charge in [0.2, 0.25) is 5.78 Å². The van der Waals surface area contributed by atoms with E-state index in [4.69, 9.17) is 34.8 Å². The fourth-order valence-corrected chi connectivity index (χ4v) is 5.11. The number of ketones is 1. The zero-order valence-electron chi connectivity index (χ0n) is 18.1. The van der Waals surface area contributed by atoms with E-state index in [0.717, 1.165) is 12.1 Å². The van der Waals surface area contributed by atoms with Crippen LogP contribution in [0.4, 0.5) is 17.6 Å². The van der Waals surface area contributed by atoms with Crippen molar-refractivity contribution in [1.82, 2.24) is 14.4 Å². The molecule has 0 saturated heterocycles. The second kappa shape index (κ2) is 8.40. The van der Waals surface area contributed by atoms with Crippen molar-refractivity contribution in [2.45, 2.75) is 41.2 Å². The molecule has 1 aliphatic carbocycles. The van der Waals surface area contributed by atoms with E-state index in [1.54, 1.807) is 4.90 Å². The lowest BCUT2D eigenvalue weighted by Crippen LogP contribution is -2.63. The molecule has 184 valence electrons. The Bertz CT molecular complexity index is 1150. The molecule has 1 fully saturated rings. The molecule has 5 nitrogen and oxygen atoms in total. The summed E-state index contributed by atoms with van der Waals surface area (Å²) in [6, 6.07) is 4.79. The van der Waals surface area contributed by atoms with Crippen molar-refractivity contribution in [3.63, 3.8) is 0 Å². The fraction of sp³-hybridized carbons (Fsp3) is 0.455. The first-order chi connectivity index (χ1) is 15.7. The van der Waals surface area contributed by atoms with Crippen molar-refractivity contribution in [3.8, 4) is 0 Å². The van der Waals surface area contributed by atoms with Crippen LogP contribution in [0.15, 0.2) is 24.3 Å². The van der Waals surface area contributed by atoms with Crippen LogP contribution in [0.3, 0.4) is 0 Å². The number of benzene rings is 1. The third-order valence-electron chi connectivity index (χ3n) is 6.39. The smallest absolute Gasteiger partial charge is 0.255 e. The highest BCUT2D eigenvalue weighted by Crippen LogP contribution is 2.57. The highest BCUT2D eigenvalue weighted by Gasteiger charge is 2.62. The number of hydrogen-bond donors (Lipinski definition) is 0. The Morgan fingerprint density at radius 3 is 2.15 bits per heavy atom. The third-order valence-corrected chi connectivity index (χ3v) is 6.91. The number of carbonyl (C=O) groups excluding carboxylic acids is 2. The van der Waals surface area contributed by atoms with Crippen molar-refractivity contribution >= 4 is 46.5 Å². The van der Waals surface area contributed by atoms with E-state index in [-0.39, 0.29) is 36.5 Å². The van der Waals surface area contributed by atoms with E-state index in [9.17, 15) is 27.2 Å². The highest BCUT2D eigenvalue weighted by atomic mass is 35.6. The van der Waals surface area contributed by atoms with Crippen LogP contribution in [0.2, 0.25) is 0 Å². The standard InChI is InChI=1S/C22H20Cl3F4N3O2/c1-30(2)19(34)12-7-14(26)13(15(27)8-12)9-31-5-6-32-16(18(33)22(23,24)25)3-4-17(32)20(31)10-21(28,29)11-20/h3-4,7-8H,5-6,9-11H2,1-2H3. The number of hydrogen-bond acceptors (Lipinski definition) is 3. The van der Waals surface area contributed by atoms with Gasteiger partial charge in [0, 0.05) is 63.4 Å². The summed E-state index contributed by atoms with van der Waals surface area (Å²) in [7, 11) is 2.91. The summed E-state index contributed by atoms with van der Waals surface area (Å²) < 4.78 is 57.4. The Labute approximate surface area is 208 Å². The zero-order valence-corrected chi connectivity index (χ0v) is 20.4. The first kappa shape index (κ1) is 25.3. The molecule has 2 heterocycles. The molecule has 0 N–H and O–H groups in total. The second-order valence-corrected chi connectivity index (χ2v) is 11.1. The molecular weight excluding hydrogens is 521 g/mol. The van der Waals surface area contributed by atoms with Gasteiger partial charge in [-0.15, -0.1) is 0 Å². The van der Waals surface area contributed by atoms with Crippen molar-refractivity contribution in [2.24, 2.45) is 0 Å². The van der Waals surface area contributed by atoms with Crippen LogP contribution in [-0.4, -0.2) is 56.4 Å². The van der Waals surface area contributed by atoms with Crippen molar-refractivity contribution < 1.29 is 27.2 Å². The Balaban J connectivity index is 1.71. The van der Waals surface area contributed by atoms with Crippen LogP contribution in [-0.2, 0) is 18.6 Å². The van der Waals surface area contributed by atoms with Gasteiger partial charge >= 0.3 is 0 Å². The molecule has 2 aliphatic rings. The predicted molar refractivity (Wildman–Crippen MR) is 120 cm³/mol. The number of fused-ring (bicyclic) bond motifs is 2. The minimum absolute atomic E-state index is 0.0631. The number of halogens is 7. The first-order valence-electron chi connectivity index (χ1n) is 10.3. The van der Waals surface area contributed by atoms with Gasteiger partial charge in [-0.05, 0) is 24.3 Å². The van der Waals surface area contributed by atoms with Gasteiger partial charge in [0.05, 0.1) is 11.2 Å². The molecule has 1 spiro atoms. The molecule has 0 radical (unpaired) electrons. The van der Waals surface area contributed by atoms with Crippen LogP contribution < -0.4 is 0 Å². The molecular formula is C22H20Cl3F4N3O2. The molecule has 0 bridgehead atoms. The van der Waals surface area contributed by atoms with Gasteiger partial charge in [-0.1, -0.05) is 34.8 Å². The number of amides is 1. The molecule has 1 saturated carbocycles. The number of carbonyl (C=O) groups is 2. The third kappa shape index (κ3) is 4.21. The lowest BCUT2D eigenvalue weighted by molar-refractivity contribution is -0.193. The maximum absolute atomic E-state index is 14.9. The molecule has 0 atom stereocenters. The molecule has 1 aromatic carbocycles. The number of nitrogens with zero attached hydrogens (tertiary/aromatic N) is 3. The Kier molecular flexibility index (Phi) is 6.24. The largest absolute Gasteiger partial charge is 0.345 e. The van der Waals surface area contributed by atoms with E-state index in [1.807, 2.05) is 0 Å². The summed E-state index contributed by atoms with van der Waals surface area (Å²) in [5.41, 5.74) is -1.29. The molecule has 1 aromatic heterocycles. The van der Waals surface area contributed by atoms with Gasteiger partial charge in [0.15, 0.2) is 0 Å². The number of aromatic nitrogens is 1. The summed E-state index contributed by atoms with van der Waals surface area (Å²) in [4.78, 5) is 27.4.